The van der Waals surface area contributed by atoms with Gasteiger partial charge in [-0.25, -0.2) is 0 Å². The number of benzene rings is 2. The van der Waals surface area contributed by atoms with Crippen molar-refractivity contribution in [2.45, 2.75) is 113 Å². The Morgan fingerprint density at radius 2 is 1.09 bits per heavy atom. The van der Waals surface area contributed by atoms with Crippen molar-refractivity contribution in [3.05, 3.63) is 54.6 Å². The third kappa shape index (κ3) is 8.63. The van der Waals surface area contributed by atoms with Gasteiger partial charge in [-0.3, -0.25) is 0 Å². The zero-order valence-electron chi connectivity index (χ0n) is 20.7. The van der Waals surface area contributed by atoms with E-state index in [4.69, 9.17) is 5.73 Å². The first-order valence-electron chi connectivity index (χ1n) is 13.5. The van der Waals surface area contributed by atoms with Gasteiger partial charge < -0.3 is 5.73 Å². The molecular weight excluding hydrogens is 547 g/mol. The Balaban J connectivity index is 0.000000189. The fraction of sp³-hybridized carbons (Fsp3) is 0.600. The summed E-state index contributed by atoms with van der Waals surface area (Å²) in [4.78, 5) is 0. The maximum atomic E-state index is 5.83. The average Bonchev–Trinajstić information content (AvgIpc) is 2.93. The molecular formula is C30H43ClNPPd. The third-order valence-corrected chi connectivity index (χ3v) is 12.0. The average molecular weight is 591 g/mol. The third-order valence-electron chi connectivity index (χ3n) is 7.95. The van der Waals surface area contributed by atoms with Crippen molar-refractivity contribution in [3.63, 3.8) is 0 Å². The van der Waals surface area contributed by atoms with Gasteiger partial charge in [0.2, 0.25) is 0 Å². The van der Waals surface area contributed by atoms with E-state index < -0.39 is 0 Å². The molecule has 3 aliphatic rings. The standard InChI is InChI=1S/C18H33P.C12H10N.ClH.Pd/c1-4-10-16(11-5-1)19(17-12-6-2-7-13-17)18-14-8-3-9-15-18;13-12-9-5-4-8-11(12)10-6-2-1-3-7-10;;/h16-18H,1-15H2;1-6,8-9H,13H2;1H;/q;-1;;+2/p-1. The van der Waals surface area contributed by atoms with E-state index in [-0.39, 0.29) is 0 Å². The first kappa shape index (κ1) is 28.2. The first-order valence-corrected chi connectivity index (χ1v) is 17.1. The van der Waals surface area contributed by atoms with Gasteiger partial charge in [-0.2, -0.15) is 0 Å². The van der Waals surface area contributed by atoms with Gasteiger partial charge in [-0.05, 0) is 67.3 Å². The van der Waals surface area contributed by atoms with Crippen molar-refractivity contribution in [2.24, 2.45) is 0 Å². The summed E-state index contributed by atoms with van der Waals surface area (Å²) in [6.07, 6.45) is 23.6. The summed E-state index contributed by atoms with van der Waals surface area (Å²) in [5, 5.41) is 0. The maximum absolute atomic E-state index is 5.83. The van der Waals surface area contributed by atoms with Crippen molar-refractivity contribution in [1.29, 1.82) is 0 Å². The molecule has 1 nitrogen and oxygen atoms in total. The van der Waals surface area contributed by atoms with E-state index in [0.717, 1.165) is 16.8 Å². The van der Waals surface area contributed by atoms with Crippen LogP contribution >= 0.6 is 17.5 Å². The fourth-order valence-electron chi connectivity index (χ4n) is 6.34. The molecule has 0 saturated heterocycles. The predicted molar refractivity (Wildman–Crippen MR) is 149 cm³/mol. The molecule has 4 heteroatoms. The van der Waals surface area contributed by atoms with Crippen LogP contribution in [0.5, 0.6) is 0 Å². The zero-order valence-corrected chi connectivity index (χ0v) is 23.9. The van der Waals surface area contributed by atoms with Crippen LogP contribution in [0.3, 0.4) is 0 Å². The molecule has 2 N–H and O–H groups in total. The van der Waals surface area contributed by atoms with Gasteiger partial charge in [0.15, 0.2) is 0 Å². The van der Waals surface area contributed by atoms with Gasteiger partial charge >= 0.3 is 27.7 Å². The molecule has 0 radical (unpaired) electrons. The number of halogens is 1. The van der Waals surface area contributed by atoms with Crippen LogP contribution in [0.25, 0.3) is 11.1 Å². The molecule has 0 atom stereocenters. The molecule has 5 rings (SSSR count). The van der Waals surface area contributed by atoms with Crippen LogP contribution < -0.4 is 5.73 Å². The van der Waals surface area contributed by atoms with Crippen LogP contribution in [-0.4, -0.2) is 17.0 Å². The molecule has 3 aliphatic carbocycles. The van der Waals surface area contributed by atoms with Gasteiger partial charge in [0.05, 0.1) is 0 Å². The first-order chi connectivity index (χ1) is 16.8. The van der Waals surface area contributed by atoms with E-state index in [1.54, 1.807) is 77.0 Å². The summed E-state index contributed by atoms with van der Waals surface area (Å²) in [7, 11) is 4.87. The zero-order chi connectivity index (χ0) is 24.0. The Labute approximate surface area is 225 Å². The summed E-state index contributed by atoms with van der Waals surface area (Å²) in [6, 6.07) is 18.8. The van der Waals surface area contributed by atoms with Gasteiger partial charge in [-0.15, -0.1) is 35.9 Å². The molecule has 0 heterocycles. The molecule has 0 spiro atoms. The minimum atomic E-state index is 0.385. The van der Waals surface area contributed by atoms with Crippen LogP contribution in [-0.2, 0) is 18.2 Å². The van der Waals surface area contributed by atoms with Gasteiger partial charge in [-0.1, -0.05) is 89.5 Å². The Morgan fingerprint density at radius 3 is 1.50 bits per heavy atom. The molecule has 190 valence electrons. The number of hydrogen-bond acceptors (Lipinski definition) is 1. The Kier molecular flexibility index (Phi) is 13.6. The van der Waals surface area contributed by atoms with Crippen LogP contribution in [0, 0.1) is 6.07 Å². The van der Waals surface area contributed by atoms with Gasteiger partial charge in [0.1, 0.15) is 0 Å². The van der Waals surface area contributed by atoms with E-state index in [9.17, 15) is 0 Å². The molecule has 2 aromatic rings. The van der Waals surface area contributed by atoms with Crippen molar-refractivity contribution < 1.29 is 18.2 Å². The van der Waals surface area contributed by atoms with Gasteiger partial charge in [0, 0.05) is 0 Å². The normalized spacial score (nSPS) is 20.1. The van der Waals surface area contributed by atoms with Crippen LogP contribution in [0.2, 0.25) is 0 Å². The molecule has 2 aromatic carbocycles. The predicted octanol–water partition coefficient (Wildman–Crippen LogP) is 9.89. The Bertz CT molecular complexity index is 741. The molecule has 0 bridgehead atoms. The Hall–Kier alpha value is -0.378. The van der Waals surface area contributed by atoms with E-state index >= 15 is 0 Å². The van der Waals surface area contributed by atoms with Crippen molar-refractivity contribution in [3.8, 4) is 11.1 Å². The molecule has 3 saturated carbocycles. The molecule has 3 fully saturated rings. The topological polar surface area (TPSA) is 26.0 Å². The van der Waals surface area contributed by atoms with Crippen molar-refractivity contribution >= 4 is 23.1 Å². The summed E-state index contributed by atoms with van der Waals surface area (Å²) < 4.78 is 0. The van der Waals surface area contributed by atoms with Crippen LogP contribution in [0.4, 0.5) is 5.69 Å². The molecule has 0 amide bonds. The van der Waals surface area contributed by atoms with E-state index in [0.29, 0.717) is 7.92 Å². The molecule has 0 unspecified atom stereocenters. The number of hydrogen-bond donors (Lipinski definition) is 1. The summed E-state index contributed by atoms with van der Waals surface area (Å²) in [5.41, 5.74) is 12.3. The Morgan fingerprint density at radius 1 is 0.647 bits per heavy atom. The molecule has 0 aliphatic heterocycles. The second kappa shape index (κ2) is 16.4. The van der Waals surface area contributed by atoms with Crippen molar-refractivity contribution in [1.82, 2.24) is 0 Å². The second-order valence-electron chi connectivity index (χ2n) is 10.2. The van der Waals surface area contributed by atoms with E-state index in [2.05, 4.69) is 33.8 Å². The summed E-state index contributed by atoms with van der Waals surface area (Å²) >= 11 is 2.22. The van der Waals surface area contributed by atoms with E-state index in [1.165, 1.54) is 36.2 Å². The van der Waals surface area contributed by atoms with E-state index in [1.807, 2.05) is 48.5 Å². The fourth-order valence-corrected chi connectivity index (χ4v) is 11.0. The minimum absolute atomic E-state index is 0.385. The molecule has 34 heavy (non-hydrogen) atoms. The second-order valence-corrected chi connectivity index (χ2v) is 13.3. The van der Waals surface area contributed by atoms with Crippen LogP contribution in [0.15, 0.2) is 48.5 Å². The number of nitrogens with two attached hydrogens (primary N) is 1. The summed E-state index contributed by atoms with van der Waals surface area (Å²) in [6.45, 7) is 0. The SMILES string of the molecule is C1CCC(P(C2CCCCC2)C2CCCCC2)CC1.Nc1ccccc1-c1[c-]cccc1.[Cl][Pd+]. The van der Waals surface area contributed by atoms with Gasteiger partial charge in [0.25, 0.3) is 0 Å². The molecule has 0 aromatic heterocycles. The number of nitrogen functional groups attached to an aromatic ring is 1. The van der Waals surface area contributed by atoms with Crippen molar-refractivity contribution in [2.75, 3.05) is 5.73 Å². The number of para-hydroxylation sites is 1. The van der Waals surface area contributed by atoms with Crippen LogP contribution in [0.1, 0.15) is 96.3 Å². The summed E-state index contributed by atoms with van der Waals surface area (Å²) in [5.74, 6) is 0. The number of rotatable bonds is 4. The quantitative estimate of drug-likeness (QED) is 0.163. The monoisotopic (exact) mass is 589 g/mol. The number of anilines is 1.